The smallest absolute Gasteiger partial charge is 0.270 e. The van der Waals surface area contributed by atoms with E-state index in [4.69, 9.17) is 6.57 Å². The first-order valence-electron chi connectivity index (χ1n) is 9.14. The summed E-state index contributed by atoms with van der Waals surface area (Å²) in [6.07, 6.45) is 5.20. The number of imidazole rings is 1. The van der Waals surface area contributed by atoms with Gasteiger partial charge in [0, 0.05) is 28.8 Å². The van der Waals surface area contributed by atoms with E-state index >= 15 is 0 Å². The predicted molar refractivity (Wildman–Crippen MR) is 105 cm³/mol. The molecule has 1 aliphatic carbocycles. The van der Waals surface area contributed by atoms with Crippen LogP contribution >= 0.6 is 0 Å². The topological polar surface area (TPSA) is 79.4 Å². The number of pyridine rings is 1. The molecule has 0 aliphatic heterocycles. The van der Waals surface area contributed by atoms with E-state index in [1.165, 1.54) is 18.3 Å². The number of carbonyl (C=O) groups excluding carboxylic acids is 1. The van der Waals surface area contributed by atoms with Crippen molar-refractivity contribution < 1.29 is 9.18 Å². The first-order chi connectivity index (χ1) is 14.1. The molecule has 0 spiro atoms. The van der Waals surface area contributed by atoms with E-state index in [0.29, 0.717) is 39.5 Å². The Morgan fingerprint density at radius 2 is 1.97 bits per heavy atom. The van der Waals surface area contributed by atoms with Gasteiger partial charge in [-0.25, -0.2) is 13.8 Å². The van der Waals surface area contributed by atoms with Crippen LogP contribution in [0.3, 0.4) is 0 Å². The van der Waals surface area contributed by atoms with Crippen molar-refractivity contribution >= 4 is 17.4 Å². The molecule has 1 aromatic carbocycles. The van der Waals surface area contributed by atoms with Gasteiger partial charge in [-0.05, 0) is 43.2 Å². The van der Waals surface area contributed by atoms with Crippen molar-refractivity contribution in [2.75, 3.05) is 0 Å². The summed E-state index contributed by atoms with van der Waals surface area (Å²) in [6.45, 7) is 7.32. The number of benzene rings is 1. The fourth-order valence-electron chi connectivity index (χ4n) is 3.29. The van der Waals surface area contributed by atoms with Crippen LogP contribution in [-0.4, -0.2) is 31.5 Å². The molecule has 5 rings (SSSR count). The van der Waals surface area contributed by atoms with E-state index < -0.39 is 0 Å². The standard InChI is InChI=1S/C21H15FN6O/c1-23-17-10-24-16-9-4-13(11-28(16)17)18-19(12-2-5-14(22)6-3-12)26-27-20(18)21(29)25-15-7-8-15/h2-6,9-11,15H,7-8H2,(H,25,29)(H,26,27). The third kappa shape index (κ3) is 3.02. The van der Waals surface area contributed by atoms with E-state index in [0.717, 1.165) is 12.8 Å². The highest BCUT2D eigenvalue weighted by molar-refractivity contribution is 6.03. The Labute approximate surface area is 165 Å². The second-order valence-electron chi connectivity index (χ2n) is 6.95. The average Bonchev–Trinajstić information content (AvgIpc) is 3.28. The van der Waals surface area contributed by atoms with Crippen LogP contribution in [0.2, 0.25) is 0 Å². The summed E-state index contributed by atoms with van der Waals surface area (Å²) in [5.41, 5.74) is 3.49. The average molecular weight is 386 g/mol. The highest BCUT2D eigenvalue weighted by atomic mass is 19.1. The number of hydrogen-bond donors (Lipinski definition) is 2. The minimum absolute atomic E-state index is 0.192. The van der Waals surface area contributed by atoms with Crippen LogP contribution in [0.1, 0.15) is 23.3 Å². The van der Waals surface area contributed by atoms with Gasteiger partial charge in [0.1, 0.15) is 17.2 Å². The first kappa shape index (κ1) is 17.1. The molecule has 1 aliphatic rings. The maximum Gasteiger partial charge on any atom is 0.270 e. The number of aromatic nitrogens is 4. The molecule has 0 radical (unpaired) electrons. The third-order valence-electron chi connectivity index (χ3n) is 4.91. The molecule has 8 heteroatoms. The Balaban J connectivity index is 1.70. The predicted octanol–water partition coefficient (Wildman–Crippen LogP) is 3.97. The Morgan fingerprint density at radius 3 is 2.69 bits per heavy atom. The molecule has 142 valence electrons. The van der Waals surface area contributed by atoms with Crippen molar-refractivity contribution in [1.82, 2.24) is 24.9 Å². The molecule has 3 heterocycles. The van der Waals surface area contributed by atoms with Gasteiger partial charge in [0.05, 0.1) is 12.4 Å². The lowest BCUT2D eigenvalue weighted by molar-refractivity contribution is 0.0946. The van der Waals surface area contributed by atoms with Gasteiger partial charge in [-0.15, -0.1) is 0 Å². The molecule has 2 N–H and O–H groups in total. The van der Waals surface area contributed by atoms with Crippen LogP contribution in [0.5, 0.6) is 0 Å². The van der Waals surface area contributed by atoms with Crippen LogP contribution in [-0.2, 0) is 0 Å². The van der Waals surface area contributed by atoms with Gasteiger partial charge in [0.15, 0.2) is 0 Å². The minimum atomic E-state index is -0.348. The molecule has 1 saturated carbocycles. The number of hydrogen-bond acceptors (Lipinski definition) is 3. The van der Waals surface area contributed by atoms with E-state index in [2.05, 4.69) is 25.3 Å². The molecular formula is C21H15FN6O. The van der Waals surface area contributed by atoms with Crippen LogP contribution in [0, 0.1) is 12.4 Å². The van der Waals surface area contributed by atoms with Gasteiger partial charge >= 0.3 is 0 Å². The van der Waals surface area contributed by atoms with Gasteiger partial charge in [0.2, 0.25) is 5.65 Å². The zero-order valence-corrected chi connectivity index (χ0v) is 15.2. The van der Waals surface area contributed by atoms with Crippen molar-refractivity contribution in [3.63, 3.8) is 0 Å². The largest absolute Gasteiger partial charge is 0.362 e. The fourth-order valence-corrected chi connectivity index (χ4v) is 3.29. The van der Waals surface area contributed by atoms with Crippen LogP contribution in [0.25, 0.3) is 32.9 Å². The van der Waals surface area contributed by atoms with Gasteiger partial charge in [-0.1, -0.05) is 6.57 Å². The molecule has 0 atom stereocenters. The van der Waals surface area contributed by atoms with E-state index in [1.54, 1.807) is 28.8 Å². The van der Waals surface area contributed by atoms with Gasteiger partial charge in [-0.3, -0.25) is 9.89 Å². The summed E-state index contributed by atoms with van der Waals surface area (Å²) >= 11 is 0. The summed E-state index contributed by atoms with van der Waals surface area (Å²) < 4.78 is 15.1. The molecule has 7 nitrogen and oxygen atoms in total. The quantitative estimate of drug-likeness (QED) is 0.521. The van der Waals surface area contributed by atoms with Gasteiger partial charge < -0.3 is 10.2 Å². The second kappa shape index (κ2) is 6.56. The lowest BCUT2D eigenvalue weighted by Crippen LogP contribution is -2.26. The molecule has 0 saturated heterocycles. The van der Waals surface area contributed by atoms with Crippen LogP contribution in [0.4, 0.5) is 10.2 Å². The van der Waals surface area contributed by atoms with Crippen molar-refractivity contribution in [2.24, 2.45) is 0 Å². The van der Waals surface area contributed by atoms with Crippen molar-refractivity contribution in [1.29, 1.82) is 0 Å². The summed E-state index contributed by atoms with van der Waals surface area (Å²) in [7, 11) is 0. The lowest BCUT2D eigenvalue weighted by Gasteiger charge is -2.07. The molecule has 0 unspecified atom stereocenters. The third-order valence-corrected chi connectivity index (χ3v) is 4.91. The fraction of sp³-hybridized carbons (Fsp3) is 0.143. The molecular weight excluding hydrogens is 371 g/mol. The summed E-state index contributed by atoms with van der Waals surface area (Å²) in [4.78, 5) is 20.5. The normalized spacial score (nSPS) is 13.4. The van der Waals surface area contributed by atoms with Crippen molar-refractivity contribution in [3.05, 3.63) is 71.7 Å². The lowest BCUT2D eigenvalue weighted by atomic mass is 9.99. The number of nitrogens with zero attached hydrogens (tertiary/aromatic N) is 4. The number of H-pyrrole nitrogens is 1. The molecule has 29 heavy (non-hydrogen) atoms. The molecule has 1 amide bonds. The van der Waals surface area contributed by atoms with E-state index in [-0.39, 0.29) is 17.8 Å². The van der Waals surface area contributed by atoms with Crippen molar-refractivity contribution in [2.45, 2.75) is 18.9 Å². The maximum atomic E-state index is 13.4. The van der Waals surface area contributed by atoms with Crippen LogP contribution < -0.4 is 5.32 Å². The first-order valence-corrected chi connectivity index (χ1v) is 9.14. The Morgan fingerprint density at radius 1 is 1.21 bits per heavy atom. The zero-order chi connectivity index (χ0) is 20.0. The van der Waals surface area contributed by atoms with Gasteiger partial charge in [-0.2, -0.15) is 5.10 Å². The number of carbonyl (C=O) groups is 1. The SMILES string of the molecule is [C-]#[N+]c1cnc2ccc(-c3c(-c4ccc(F)cc4)n[nH]c3C(=O)NC3CC3)cn12. The monoisotopic (exact) mass is 386 g/mol. The molecule has 1 fully saturated rings. The molecule has 0 bridgehead atoms. The molecule has 3 aromatic heterocycles. The number of aromatic amines is 1. The highest BCUT2D eigenvalue weighted by Crippen LogP contribution is 2.34. The number of fused-ring (bicyclic) bond motifs is 1. The van der Waals surface area contributed by atoms with E-state index in [1.807, 2.05) is 6.07 Å². The Bertz CT molecular complexity index is 1280. The number of amides is 1. The number of nitrogens with one attached hydrogen (secondary N) is 2. The van der Waals surface area contributed by atoms with Crippen molar-refractivity contribution in [3.8, 4) is 22.4 Å². The van der Waals surface area contributed by atoms with Crippen LogP contribution in [0.15, 0.2) is 48.8 Å². The zero-order valence-electron chi connectivity index (χ0n) is 15.2. The summed E-state index contributed by atoms with van der Waals surface area (Å²) in [5, 5.41) is 10.2. The Kier molecular flexibility index (Phi) is 3.88. The number of halogens is 1. The number of rotatable bonds is 4. The minimum Gasteiger partial charge on any atom is -0.362 e. The van der Waals surface area contributed by atoms with Gasteiger partial charge in [0.25, 0.3) is 11.7 Å². The molecule has 4 aromatic rings. The summed E-state index contributed by atoms with van der Waals surface area (Å²) in [5.74, 6) is -0.212. The Hall–Kier alpha value is -3.99. The summed E-state index contributed by atoms with van der Waals surface area (Å²) in [6, 6.07) is 9.77. The second-order valence-corrected chi connectivity index (χ2v) is 6.95. The van der Waals surface area contributed by atoms with E-state index in [9.17, 15) is 9.18 Å². The highest BCUT2D eigenvalue weighted by Gasteiger charge is 2.28. The maximum absolute atomic E-state index is 13.4.